The fourth-order valence-corrected chi connectivity index (χ4v) is 9.71. The Kier molecular flexibility index (Phi) is 22.2. The van der Waals surface area contributed by atoms with Crippen LogP contribution in [0.2, 0.25) is 0 Å². The molecule has 4 amide bonds. The quantitative estimate of drug-likeness (QED) is 0.0985. The van der Waals surface area contributed by atoms with Gasteiger partial charge >= 0.3 is 28.5 Å². The standard InChI is InChI=1S/2C20H24BNO3.C19H22BNO3.C14H14BNO3/c2*1-19(2)20(3,4)25-21(24-19)16-11-13-17(14-12-16)22(5)18(23)15-9-7-6-8-10-15;1-18(2)19(3,4)24-20(23-18)15-10-12-16(13-11-15)21-17(22)14-8-6-5-7-9-14;1-16(14(17)11-5-3-2-4-6-11)13-9-7-12(8-10-13)15(18)19/h2*6-14H,1-5H3;5-13H,1-4H3,(H,21,22);2-10,18-19H,1H3. The highest BCUT2D eigenvalue weighted by Crippen LogP contribution is 2.39. The number of anilines is 4. The van der Waals surface area contributed by atoms with Gasteiger partial charge in [0.15, 0.2) is 0 Å². The summed E-state index contributed by atoms with van der Waals surface area (Å²) in [6.45, 7) is 24.4. The van der Waals surface area contributed by atoms with Crippen molar-refractivity contribution in [3.63, 3.8) is 0 Å². The Morgan fingerprint density at radius 1 is 0.333 bits per heavy atom. The van der Waals surface area contributed by atoms with Crippen LogP contribution >= 0.6 is 0 Å². The number of benzene rings is 8. The molecule has 0 saturated carbocycles. The van der Waals surface area contributed by atoms with E-state index in [1.165, 1.54) is 4.90 Å². The van der Waals surface area contributed by atoms with E-state index in [1.54, 1.807) is 79.5 Å². The highest BCUT2D eigenvalue weighted by Gasteiger charge is 2.54. The molecule has 0 aliphatic carbocycles. The van der Waals surface area contributed by atoms with E-state index in [4.69, 9.17) is 38.0 Å². The lowest BCUT2D eigenvalue weighted by Crippen LogP contribution is -2.41. The number of rotatable bonds is 12. The molecule has 0 spiro atoms. The van der Waals surface area contributed by atoms with Crippen molar-refractivity contribution in [3.8, 4) is 0 Å². The summed E-state index contributed by atoms with van der Waals surface area (Å²) < 4.78 is 36.3. The van der Waals surface area contributed by atoms with E-state index in [-0.39, 0.29) is 57.2 Å². The minimum Gasteiger partial charge on any atom is -0.423 e. The van der Waals surface area contributed by atoms with Crippen molar-refractivity contribution in [2.45, 2.75) is 117 Å². The molecule has 0 bridgehead atoms. The van der Waals surface area contributed by atoms with Gasteiger partial charge < -0.3 is 58.0 Å². The number of nitrogens with one attached hydrogen (secondary N) is 1. The van der Waals surface area contributed by atoms with Crippen molar-refractivity contribution in [1.82, 2.24) is 0 Å². The third-order valence-corrected chi connectivity index (χ3v) is 17.9. The van der Waals surface area contributed by atoms with Crippen LogP contribution in [0, 0.1) is 0 Å². The predicted molar refractivity (Wildman–Crippen MR) is 375 cm³/mol. The van der Waals surface area contributed by atoms with Gasteiger partial charge in [0, 0.05) is 66.1 Å². The second-order valence-corrected chi connectivity index (χ2v) is 26.0. The molecule has 0 aromatic heterocycles. The largest absolute Gasteiger partial charge is 0.494 e. The summed E-state index contributed by atoms with van der Waals surface area (Å²) in [5, 5.41) is 20.9. The Balaban J connectivity index is 0.000000160. The summed E-state index contributed by atoms with van der Waals surface area (Å²) in [6, 6.07) is 66.2. The lowest BCUT2D eigenvalue weighted by Gasteiger charge is -2.32. The molecule has 8 aromatic rings. The summed E-state index contributed by atoms with van der Waals surface area (Å²) in [7, 11) is 2.55. The molecule has 0 radical (unpaired) electrons. The Labute approximate surface area is 549 Å². The zero-order chi connectivity index (χ0) is 67.7. The number of carbonyl (C=O) groups is 4. The molecular weight excluding hydrogens is 1170 g/mol. The third kappa shape index (κ3) is 17.1. The molecule has 3 saturated heterocycles. The van der Waals surface area contributed by atoms with E-state index in [2.05, 4.69) is 5.32 Å². The number of hydrogen-bond donors (Lipinski definition) is 3. The molecule has 93 heavy (non-hydrogen) atoms. The molecule has 480 valence electrons. The zero-order valence-corrected chi connectivity index (χ0v) is 55.9. The Morgan fingerprint density at radius 3 is 0.806 bits per heavy atom. The van der Waals surface area contributed by atoms with Crippen molar-refractivity contribution in [1.29, 1.82) is 0 Å². The van der Waals surface area contributed by atoms with Crippen LogP contribution in [0.3, 0.4) is 0 Å². The van der Waals surface area contributed by atoms with Crippen LogP contribution in [-0.2, 0) is 27.9 Å². The summed E-state index contributed by atoms with van der Waals surface area (Å²) in [6.07, 6.45) is 0. The molecule has 16 nitrogen and oxygen atoms in total. The van der Waals surface area contributed by atoms with Crippen molar-refractivity contribution >= 4 is 96.7 Å². The van der Waals surface area contributed by atoms with Gasteiger partial charge in [0.1, 0.15) is 0 Å². The van der Waals surface area contributed by atoms with E-state index in [9.17, 15) is 19.2 Å². The highest BCUT2D eigenvalue weighted by atomic mass is 16.7. The van der Waals surface area contributed by atoms with Crippen molar-refractivity contribution in [3.05, 3.63) is 241 Å². The maximum absolute atomic E-state index is 12.5. The van der Waals surface area contributed by atoms with Crippen LogP contribution in [-0.4, -0.2) is 117 Å². The molecule has 3 aliphatic heterocycles. The van der Waals surface area contributed by atoms with E-state index in [0.717, 1.165) is 33.5 Å². The van der Waals surface area contributed by atoms with Gasteiger partial charge in [0.2, 0.25) is 0 Å². The molecule has 3 N–H and O–H groups in total. The van der Waals surface area contributed by atoms with E-state index >= 15 is 0 Å². The maximum atomic E-state index is 12.5. The number of amides is 4. The molecule has 0 atom stereocenters. The highest BCUT2D eigenvalue weighted by molar-refractivity contribution is 6.63. The normalized spacial score (nSPS) is 16.6. The van der Waals surface area contributed by atoms with Gasteiger partial charge in [-0.15, -0.1) is 0 Å². The molecule has 11 rings (SSSR count). The smallest absolute Gasteiger partial charge is 0.423 e. The first kappa shape index (κ1) is 70.4. The summed E-state index contributed by atoms with van der Waals surface area (Å²) >= 11 is 0. The van der Waals surface area contributed by atoms with Gasteiger partial charge in [-0.1, -0.05) is 121 Å². The Hall–Kier alpha value is -8.42. The van der Waals surface area contributed by atoms with E-state index < -0.39 is 28.5 Å². The SMILES string of the molecule is CC1(C)OB(c2ccc(NC(=O)c3ccccc3)cc2)OC1(C)C.CN(C(=O)c1ccccc1)c1ccc(B(O)O)cc1.CN(C(=O)c1ccccc1)c1ccc(B2OC(C)(C)C(C)(C)O2)cc1.CN(C(=O)c1ccccc1)c1ccc(B2OC(C)(C)C(C)(C)O2)cc1. The number of carbonyl (C=O) groups excluding carboxylic acids is 4. The van der Waals surface area contributed by atoms with Gasteiger partial charge in [-0.05, 0) is 202 Å². The van der Waals surface area contributed by atoms with Crippen LogP contribution in [0.25, 0.3) is 0 Å². The van der Waals surface area contributed by atoms with Crippen LogP contribution in [0.4, 0.5) is 22.7 Å². The fraction of sp³-hybridized carbons (Fsp3) is 0.288. The van der Waals surface area contributed by atoms with Crippen molar-refractivity contribution in [2.75, 3.05) is 41.2 Å². The van der Waals surface area contributed by atoms with Crippen LogP contribution in [0.1, 0.15) is 125 Å². The van der Waals surface area contributed by atoms with Gasteiger partial charge in [-0.2, -0.15) is 0 Å². The average Bonchev–Trinajstić information content (AvgIpc) is 1.65. The first-order valence-corrected chi connectivity index (χ1v) is 31.0. The second kappa shape index (κ2) is 29.3. The summed E-state index contributed by atoms with van der Waals surface area (Å²) in [5.74, 6) is -0.315. The Bertz CT molecular complexity index is 3610. The first-order valence-electron chi connectivity index (χ1n) is 31.0. The molecule has 3 aliphatic rings. The molecule has 3 fully saturated rings. The predicted octanol–water partition coefficient (Wildman–Crippen LogP) is 10.4. The van der Waals surface area contributed by atoms with Gasteiger partial charge in [0.05, 0.1) is 33.6 Å². The fourth-order valence-electron chi connectivity index (χ4n) is 9.71. The monoisotopic (exact) mass is 1250 g/mol. The average molecular weight is 1250 g/mol. The molecule has 8 aromatic carbocycles. The molecule has 3 heterocycles. The first-order chi connectivity index (χ1) is 43.8. The topological polar surface area (TPSA) is 186 Å². The van der Waals surface area contributed by atoms with Crippen molar-refractivity contribution < 1.29 is 57.2 Å². The zero-order valence-electron chi connectivity index (χ0n) is 55.9. The summed E-state index contributed by atoms with van der Waals surface area (Å²) in [4.78, 5) is 54.2. The molecule has 0 unspecified atom stereocenters. The van der Waals surface area contributed by atoms with E-state index in [0.29, 0.717) is 33.4 Å². The lowest BCUT2D eigenvalue weighted by molar-refractivity contribution is 0.00578. The number of hydrogen-bond acceptors (Lipinski definition) is 12. The minimum absolute atomic E-state index is 0.0380. The lowest BCUT2D eigenvalue weighted by atomic mass is 9.79. The van der Waals surface area contributed by atoms with E-state index in [1.807, 2.05) is 253 Å². The molecular formula is C73H84B4N4O12. The van der Waals surface area contributed by atoms with Gasteiger partial charge in [-0.3, -0.25) is 19.2 Å². The maximum Gasteiger partial charge on any atom is 0.494 e. The van der Waals surface area contributed by atoms with Crippen LogP contribution in [0.5, 0.6) is 0 Å². The van der Waals surface area contributed by atoms with Gasteiger partial charge in [-0.25, -0.2) is 0 Å². The summed E-state index contributed by atoms with van der Waals surface area (Å²) in [5.41, 5.74) is 6.70. The van der Waals surface area contributed by atoms with Crippen molar-refractivity contribution in [2.24, 2.45) is 0 Å². The van der Waals surface area contributed by atoms with Crippen LogP contribution < -0.4 is 41.9 Å². The second-order valence-electron chi connectivity index (χ2n) is 26.0. The van der Waals surface area contributed by atoms with Gasteiger partial charge in [0.25, 0.3) is 23.6 Å². The minimum atomic E-state index is -1.50. The van der Waals surface area contributed by atoms with Crippen LogP contribution in [0.15, 0.2) is 218 Å². The Morgan fingerprint density at radius 2 is 0.559 bits per heavy atom. The molecule has 20 heteroatoms. The number of nitrogens with zero attached hydrogens (tertiary/aromatic N) is 3. The third-order valence-electron chi connectivity index (χ3n) is 17.9.